The molecule has 18 heavy (non-hydrogen) atoms. The zero-order valence-corrected chi connectivity index (χ0v) is 10.8. The second-order valence-corrected chi connectivity index (χ2v) is 5.67. The van der Waals surface area contributed by atoms with Gasteiger partial charge in [-0.2, -0.15) is 0 Å². The molecule has 102 valence electrons. The number of hydrogen-bond acceptors (Lipinski definition) is 2. The molecule has 0 radical (unpaired) electrons. The summed E-state index contributed by atoms with van der Waals surface area (Å²) in [5.41, 5.74) is 0. The Balaban J connectivity index is 1.69. The molecule has 4 atom stereocenters. The van der Waals surface area contributed by atoms with Gasteiger partial charge in [-0.05, 0) is 43.9 Å². The van der Waals surface area contributed by atoms with Crippen molar-refractivity contribution in [1.29, 1.82) is 0 Å². The van der Waals surface area contributed by atoms with Crippen LogP contribution in [-0.4, -0.2) is 29.7 Å². The normalized spacial score (nSPS) is 31.1. The zero-order valence-electron chi connectivity index (χ0n) is 10.8. The maximum atomic E-state index is 11.6. The lowest BCUT2D eigenvalue weighted by molar-refractivity contribution is -0.136. The van der Waals surface area contributed by atoms with Crippen molar-refractivity contribution < 1.29 is 14.7 Å². The van der Waals surface area contributed by atoms with Crippen LogP contribution in [0, 0.1) is 17.8 Å². The smallest absolute Gasteiger partial charge is 0.315 e. The average Bonchev–Trinajstić information content (AvgIpc) is 2.89. The van der Waals surface area contributed by atoms with Gasteiger partial charge in [0.25, 0.3) is 0 Å². The maximum Gasteiger partial charge on any atom is 0.315 e. The Labute approximate surface area is 107 Å². The van der Waals surface area contributed by atoms with E-state index in [1.165, 1.54) is 25.7 Å². The number of carbonyl (C=O) groups is 2. The third-order valence-electron chi connectivity index (χ3n) is 4.42. The van der Waals surface area contributed by atoms with Crippen molar-refractivity contribution in [2.45, 2.75) is 45.1 Å². The Morgan fingerprint density at radius 3 is 2.67 bits per heavy atom. The van der Waals surface area contributed by atoms with E-state index in [0.717, 1.165) is 11.8 Å². The van der Waals surface area contributed by atoms with E-state index in [4.69, 9.17) is 5.11 Å². The molecular formula is C13H22N2O3. The summed E-state index contributed by atoms with van der Waals surface area (Å²) in [7, 11) is 0. The number of hydrogen-bond donors (Lipinski definition) is 3. The summed E-state index contributed by atoms with van der Waals surface area (Å²) in [6, 6.07) is -0.0587. The second-order valence-electron chi connectivity index (χ2n) is 5.67. The minimum Gasteiger partial charge on any atom is -0.481 e. The molecule has 0 spiro atoms. The number of amides is 2. The third-order valence-corrected chi connectivity index (χ3v) is 4.42. The first kappa shape index (κ1) is 13.2. The SMILES string of the molecule is CC(NC(=O)NCCC(=O)O)C1CC2CCC1C2. The first-order chi connectivity index (χ1) is 8.56. The van der Waals surface area contributed by atoms with E-state index < -0.39 is 5.97 Å². The number of nitrogens with one attached hydrogen (secondary N) is 2. The van der Waals surface area contributed by atoms with Gasteiger partial charge in [0, 0.05) is 12.6 Å². The van der Waals surface area contributed by atoms with E-state index in [2.05, 4.69) is 17.6 Å². The molecule has 2 bridgehead atoms. The van der Waals surface area contributed by atoms with E-state index in [-0.39, 0.29) is 25.0 Å². The van der Waals surface area contributed by atoms with Gasteiger partial charge >= 0.3 is 12.0 Å². The first-order valence-corrected chi connectivity index (χ1v) is 6.82. The van der Waals surface area contributed by atoms with Crippen LogP contribution < -0.4 is 10.6 Å². The highest BCUT2D eigenvalue weighted by atomic mass is 16.4. The predicted molar refractivity (Wildman–Crippen MR) is 67.2 cm³/mol. The molecule has 2 aliphatic carbocycles. The number of rotatable bonds is 5. The van der Waals surface area contributed by atoms with Crippen LogP contribution in [-0.2, 0) is 4.79 Å². The van der Waals surface area contributed by atoms with Gasteiger partial charge in [0.05, 0.1) is 6.42 Å². The highest BCUT2D eigenvalue weighted by molar-refractivity contribution is 5.75. The molecule has 2 amide bonds. The van der Waals surface area contributed by atoms with Crippen LogP contribution in [0.5, 0.6) is 0 Å². The second kappa shape index (κ2) is 5.59. The topological polar surface area (TPSA) is 78.4 Å². The average molecular weight is 254 g/mol. The quantitative estimate of drug-likeness (QED) is 0.697. The largest absolute Gasteiger partial charge is 0.481 e. The van der Waals surface area contributed by atoms with Gasteiger partial charge < -0.3 is 15.7 Å². The molecule has 2 saturated carbocycles. The van der Waals surface area contributed by atoms with E-state index >= 15 is 0 Å². The molecule has 2 fully saturated rings. The standard InChI is InChI=1S/C13H22N2O3/c1-8(11-7-9-2-3-10(11)6-9)15-13(18)14-5-4-12(16)17/h8-11H,2-7H2,1H3,(H,16,17)(H2,14,15,18). The number of aliphatic carboxylic acids is 1. The van der Waals surface area contributed by atoms with Crippen LogP contribution in [0.25, 0.3) is 0 Å². The van der Waals surface area contributed by atoms with Gasteiger partial charge in [-0.15, -0.1) is 0 Å². The number of carboxylic acid groups (broad SMARTS) is 1. The lowest BCUT2D eigenvalue weighted by Crippen LogP contribution is -2.45. The summed E-state index contributed by atoms with van der Waals surface area (Å²) in [4.78, 5) is 21.9. The monoisotopic (exact) mass is 254 g/mol. The molecule has 0 heterocycles. The Morgan fingerprint density at radius 2 is 2.11 bits per heavy atom. The summed E-state index contributed by atoms with van der Waals surface area (Å²) in [6.45, 7) is 2.24. The van der Waals surface area contributed by atoms with Crippen LogP contribution >= 0.6 is 0 Å². The van der Waals surface area contributed by atoms with Gasteiger partial charge in [0.2, 0.25) is 0 Å². The lowest BCUT2D eigenvalue weighted by Gasteiger charge is -2.28. The fourth-order valence-corrected chi connectivity index (χ4v) is 3.55. The molecule has 0 aromatic carbocycles. The van der Waals surface area contributed by atoms with Crippen LogP contribution in [0.15, 0.2) is 0 Å². The molecule has 0 aliphatic heterocycles. The van der Waals surface area contributed by atoms with Gasteiger partial charge in [0.15, 0.2) is 0 Å². The van der Waals surface area contributed by atoms with E-state index in [9.17, 15) is 9.59 Å². The van der Waals surface area contributed by atoms with Crippen LogP contribution in [0.4, 0.5) is 4.79 Å². The van der Waals surface area contributed by atoms with Crippen molar-refractivity contribution in [3.63, 3.8) is 0 Å². The third kappa shape index (κ3) is 3.15. The van der Waals surface area contributed by atoms with Gasteiger partial charge in [-0.25, -0.2) is 4.79 Å². The highest BCUT2D eigenvalue weighted by Gasteiger charge is 2.42. The fourth-order valence-electron chi connectivity index (χ4n) is 3.55. The van der Waals surface area contributed by atoms with Crippen LogP contribution in [0.1, 0.15) is 39.0 Å². The molecule has 2 rings (SSSR count). The lowest BCUT2D eigenvalue weighted by atomic mass is 9.84. The molecule has 5 nitrogen and oxygen atoms in total. The summed E-state index contributed by atoms with van der Waals surface area (Å²) in [6.07, 6.45) is 5.20. The molecule has 0 aromatic heterocycles. The predicted octanol–water partition coefficient (Wildman–Crippen LogP) is 1.58. The van der Waals surface area contributed by atoms with E-state index in [0.29, 0.717) is 5.92 Å². The first-order valence-electron chi connectivity index (χ1n) is 6.82. The Hall–Kier alpha value is -1.26. The zero-order chi connectivity index (χ0) is 13.1. The van der Waals surface area contributed by atoms with Crippen molar-refractivity contribution in [2.24, 2.45) is 17.8 Å². The Kier molecular flexibility index (Phi) is 4.09. The number of fused-ring (bicyclic) bond motifs is 2. The summed E-state index contributed by atoms with van der Waals surface area (Å²) < 4.78 is 0. The molecule has 4 unspecified atom stereocenters. The minimum absolute atomic E-state index is 0.0318. The molecular weight excluding hydrogens is 232 g/mol. The van der Waals surface area contributed by atoms with Gasteiger partial charge in [-0.1, -0.05) is 6.42 Å². The molecule has 2 aliphatic rings. The maximum absolute atomic E-state index is 11.6. The summed E-state index contributed by atoms with van der Waals surface area (Å²) in [5.74, 6) is 1.37. The fraction of sp³-hybridized carbons (Fsp3) is 0.846. The molecule has 3 N–H and O–H groups in total. The van der Waals surface area contributed by atoms with Gasteiger partial charge in [0.1, 0.15) is 0 Å². The minimum atomic E-state index is -0.892. The number of carbonyl (C=O) groups excluding carboxylic acids is 1. The van der Waals surface area contributed by atoms with Crippen molar-refractivity contribution in [2.75, 3.05) is 6.54 Å². The van der Waals surface area contributed by atoms with Crippen molar-refractivity contribution in [1.82, 2.24) is 10.6 Å². The molecule has 0 saturated heterocycles. The summed E-state index contributed by atoms with van der Waals surface area (Å²) >= 11 is 0. The number of carboxylic acids is 1. The van der Waals surface area contributed by atoms with Crippen LogP contribution in [0.2, 0.25) is 0 Å². The van der Waals surface area contributed by atoms with Crippen LogP contribution in [0.3, 0.4) is 0 Å². The van der Waals surface area contributed by atoms with Gasteiger partial charge in [-0.3, -0.25) is 4.79 Å². The Morgan fingerprint density at radius 1 is 1.33 bits per heavy atom. The van der Waals surface area contributed by atoms with E-state index in [1.807, 2.05) is 0 Å². The highest BCUT2D eigenvalue weighted by Crippen LogP contribution is 2.49. The van der Waals surface area contributed by atoms with Crippen molar-refractivity contribution in [3.05, 3.63) is 0 Å². The number of urea groups is 1. The van der Waals surface area contributed by atoms with Crippen molar-refractivity contribution >= 4 is 12.0 Å². The summed E-state index contributed by atoms with van der Waals surface area (Å²) in [5, 5.41) is 14.0. The molecule has 0 aromatic rings. The molecule has 5 heteroatoms. The van der Waals surface area contributed by atoms with Crippen molar-refractivity contribution in [3.8, 4) is 0 Å². The van der Waals surface area contributed by atoms with E-state index in [1.54, 1.807) is 0 Å². The Bertz CT molecular complexity index is 332.